The van der Waals surface area contributed by atoms with Crippen LogP contribution in [0.2, 0.25) is 0 Å². The molecule has 1 aromatic heterocycles. The maximum atomic E-state index is 10.7. The molecule has 0 saturated carbocycles. The van der Waals surface area contributed by atoms with E-state index in [-0.39, 0.29) is 12.3 Å². The number of ether oxygens (including phenoxy) is 1. The molecule has 0 radical (unpaired) electrons. The third-order valence-electron chi connectivity index (χ3n) is 3.82. The van der Waals surface area contributed by atoms with Crippen LogP contribution in [-0.2, 0) is 22.4 Å². The Labute approximate surface area is 178 Å². The van der Waals surface area contributed by atoms with E-state index in [2.05, 4.69) is 35.8 Å². The van der Waals surface area contributed by atoms with Gasteiger partial charge in [-0.15, -0.1) is 0 Å². The highest BCUT2D eigenvalue weighted by atomic mass is 16.5. The lowest BCUT2D eigenvalue weighted by Gasteiger charge is -2.04. The predicted molar refractivity (Wildman–Crippen MR) is 122 cm³/mol. The van der Waals surface area contributed by atoms with Gasteiger partial charge in [0.05, 0.1) is 24.7 Å². The minimum absolute atomic E-state index is 0.0953. The zero-order valence-corrected chi connectivity index (χ0v) is 18.1. The summed E-state index contributed by atoms with van der Waals surface area (Å²) >= 11 is 0. The minimum atomic E-state index is 0.0953. The number of rotatable bonds is 9. The van der Waals surface area contributed by atoms with E-state index in [1.54, 1.807) is 13.2 Å². The van der Waals surface area contributed by atoms with E-state index in [1.807, 2.05) is 26.0 Å². The molecule has 2 rings (SSSR count). The Morgan fingerprint density at radius 1 is 1.20 bits per heavy atom. The molecular weight excluding hydrogens is 382 g/mol. The van der Waals surface area contributed by atoms with E-state index in [1.165, 1.54) is 17.3 Å². The molecular formula is C23H31N3O4. The van der Waals surface area contributed by atoms with Crippen LogP contribution in [0.25, 0.3) is 0 Å². The van der Waals surface area contributed by atoms with Gasteiger partial charge in [-0.1, -0.05) is 38.1 Å². The van der Waals surface area contributed by atoms with Crippen molar-refractivity contribution < 1.29 is 18.7 Å². The zero-order chi connectivity index (χ0) is 22.8. The van der Waals surface area contributed by atoms with Crippen molar-refractivity contribution in [3.05, 3.63) is 64.7 Å². The van der Waals surface area contributed by atoms with Crippen molar-refractivity contribution in [1.29, 1.82) is 0 Å². The first-order chi connectivity index (χ1) is 14.6. The number of aliphatic imine (C=N–C) groups is 2. The second kappa shape index (κ2) is 16.5. The molecule has 2 N–H and O–H groups in total. The maximum Gasteiger partial charge on any atom is 0.224 e. The lowest BCUT2D eigenvalue weighted by molar-refractivity contribution is -0.107. The summed E-state index contributed by atoms with van der Waals surface area (Å²) in [5.41, 5.74) is 8.59. The monoisotopic (exact) mass is 413 g/mol. The van der Waals surface area contributed by atoms with E-state index >= 15 is 0 Å². The number of benzene rings is 1. The van der Waals surface area contributed by atoms with Gasteiger partial charge in [-0.3, -0.25) is 9.79 Å². The molecule has 0 fully saturated rings. The summed E-state index contributed by atoms with van der Waals surface area (Å²) in [6, 6.07) is 8.31. The molecule has 0 aliphatic rings. The van der Waals surface area contributed by atoms with Crippen LogP contribution in [0.4, 0.5) is 5.88 Å². The van der Waals surface area contributed by atoms with Crippen molar-refractivity contribution in [3.63, 3.8) is 0 Å². The standard InChI is InChI=1S/C12H15NO.C9H10N2O3.C2H6/c1-11-5-3-4-6-12(11)7-9-14-10-8-13-2;1-6-8(4-13)7(2-3-12)9(14-6)11-5-10;1-2/h3-6,8,10H,2,7,9H2,1H3;3-5H,2H2,1H3,(H2,10,11);1-2H3/b10-8-;;. The molecule has 162 valence electrons. The second-order valence-corrected chi connectivity index (χ2v) is 5.64. The lowest BCUT2D eigenvalue weighted by atomic mass is 10.1. The number of hydrogen-bond donors (Lipinski definition) is 1. The van der Waals surface area contributed by atoms with Crippen molar-refractivity contribution in [2.24, 2.45) is 15.7 Å². The highest BCUT2D eigenvalue weighted by Gasteiger charge is 2.15. The molecule has 0 saturated heterocycles. The summed E-state index contributed by atoms with van der Waals surface area (Å²) in [6.07, 6.45) is 6.51. The van der Waals surface area contributed by atoms with Crippen molar-refractivity contribution in [1.82, 2.24) is 0 Å². The van der Waals surface area contributed by atoms with E-state index in [0.717, 1.165) is 12.8 Å². The number of hydrogen-bond acceptors (Lipinski definition) is 6. The van der Waals surface area contributed by atoms with Crippen LogP contribution in [-0.4, -0.2) is 32.2 Å². The third-order valence-corrected chi connectivity index (χ3v) is 3.82. The number of nitrogens with two attached hydrogens (primary N) is 1. The Morgan fingerprint density at radius 3 is 2.47 bits per heavy atom. The van der Waals surface area contributed by atoms with Crippen LogP contribution < -0.4 is 5.73 Å². The van der Waals surface area contributed by atoms with E-state index in [9.17, 15) is 9.59 Å². The summed E-state index contributed by atoms with van der Waals surface area (Å²) in [5, 5.41) is 0. The van der Waals surface area contributed by atoms with Gasteiger partial charge >= 0.3 is 0 Å². The molecule has 0 spiro atoms. The van der Waals surface area contributed by atoms with E-state index in [4.69, 9.17) is 14.9 Å². The Balaban J connectivity index is 0.000000518. The van der Waals surface area contributed by atoms with E-state index in [0.29, 0.717) is 36.1 Å². The number of carbonyl (C=O) groups excluding carboxylic acids is 2. The number of carbonyl (C=O) groups is 2. The lowest BCUT2D eigenvalue weighted by Crippen LogP contribution is -1.95. The Hall–Kier alpha value is -3.48. The number of nitrogens with zero attached hydrogens (tertiary/aromatic N) is 2. The van der Waals surface area contributed by atoms with Crippen LogP contribution in [0.15, 0.2) is 51.1 Å². The van der Waals surface area contributed by atoms with Gasteiger partial charge in [0.2, 0.25) is 5.88 Å². The Morgan fingerprint density at radius 2 is 1.90 bits per heavy atom. The molecule has 2 aromatic rings. The van der Waals surface area contributed by atoms with Crippen LogP contribution >= 0.6 is 0 Å². The van der Waals surface area contributed by atoms with Crippen molar-refractivity contribution in [2.75, 3.05) is 6.61 Å². The molecule has 0 aliphatic heterocycles. The zero-order valence-electron chi connectivity index (χ0n) is 18.1. The van der Waals surface area contributed by atoms with Crippen LogP contribution in [0.3, 0.4) is 0 Å². The summed E-state index contributed by atoms with van der Waals surface area (Å²) in [6.45, 7) is 11.7. The van der Waals surface area contributed by atoms with Crippen molar-refractivity contribution in [2.45, 2.75) is 40.5 Å². The molecule has 0 aliphatic carbocycles. The molecule has 7 nitrogen and oxygen atoms in total. The average molecular weight is 414 g/mol. The van der Waals surface area contributed by atoms with Crippen LogP contribution in [0.1, 0.15) is 46.7 Å². The Bertz CT molecular complexity index is 839. The van der Waals surface area contributed by atoms with Gasteiger partial charge in [0.15, 0.2) is 6.29 Å². The topological polar surface area (TPSA) is 107 Å². The first-order valence-electron chi connectivity index (χ1n) is 9.61. The average Bonchev–Trinajstić information content (AvgIpc) is 3.05. The fraction of sp³-hybridized carbons (Fsp3) is 0.304. The van der Waals surface area contributed by atoms with Gasteiger partial charge in [0, 0.05) is 18.4 Å². The fourth-order valence-electron chi connectivity index (χ4n) is 2.41. The second-order valence-electron chi connectivity index (χ2n) is 5.64. The highest BCUT2D eigenvalue weighted by Crippen LogP contribution is 2.27. The predicted octanol–water partition coefficient (Wildman–Crippen LogP) is 4.51. The molecule has 0 atom stereocenters. The first-order valence-corrected chi connectivity index (χ1v) is 9.61. The van der Waals surface area contributed by atoms with Gasteiger partial charge in [-0.25, -0.2) is 4.99 Å². The highest BCUT2D eigenvalue weighted by molar-refractivity contribution is 5.83. The minimum Gasteiger partial charge on any atom is -0.499 e. The normalized spacial score (nSPS) is 10.0. The van der Waals surface area contributed by atoms with Crippen molar-refractivity contribution in [3.8, 4) is 0 Å². The molecule has 1 aromatic carbocycles. The maximum absolute atomic E-state index is 10.7. The quantitative estimate of drug-likeness (QED) is 0.214. The molecule has 30 heavy (non-hydrogen) atoms. The Kier molecular flexibility index (Phi) is 14.6. The van der Waals surface area contributed by atoms with Crippen molar-refractivity contribution >= 4 is 31.5 Å². The van der Waals surface area contributed by atoms with Crippen LogP contribution in [0.5, 0.6) is 0 Å². The summed E-state index contributed by atoms with van der Waals surface area (Å²) in [4.78, 5) is 28.3. The SMILES string of the molecule is C=N/C=C\OCCc1ccccc1C.CC.Cc1oc(/N=C\N)c(CC=O)c1C=O. The van der Waals surface area contributed by atoms with Gasteiger partial charge in [0.1, 0.15) is 18.3 Å². The van der Waals surface area contributed by atoms with Gasteiger partial charge < -0.3 is 19.7 Å². The number of aryl methyl sites for hydroxylation is 2. The smallest absolute Gasteiger partial charge is 0.224 e. The van der Waals surface area contributed by atoms with E-state index < -0.39 is 0 Å². The third kappa shape index (κ3) is 9.14. The largest absolute Gasteiger partial charge is 0.499 e. The fourth-order valence-corrected chi connectivity index (χ4v) is 2.41. The molecule has 0 unspecified atom stereocenters. The molecule has 7 heteroatoms. The van der Waals surface area contributed by atoms with Gasteiger partial charge in [0.25, 0.3) is 0 Å². The summed E-state index contributed by atoms with van der Waals surface area (Å²) < 4.78 is 10.4. The summed E-state index contributed by atoms with van der Waals surface area (Å²) in [7, 11) is 0. The first kappa shape index (κ1) is 26.5. The molecule has 0 bridgehead atoms. The number of furan rings is 1. The molecule has 1 heterocycles. The summed E-state index contributed by atoms with van der Waals surface area (Å²) in [5.74, 6) is 0.664. The molecule has 0 amide bonds. The van der Waals surface area contributed by atoms with Crippen LogP contribution in [0, 0.1) is 13.8 Å². The number of aldehydes is 2. The van der Waals surface area contributed by atoms with Gasteiger partial charge in [-0.2, -0.15) is 0 Å². The van der Waals surface area contributed by atoms with Gasteiger partial charge in [-0.05, 0) is 31.7 Å².